The molecule has 204 valence electrons. The van der Waals surface area contributed by atoms with Crippen LogP contribution >= 0.6 is 0 Å². The van der Waals surface area contributed by atoms with Gasteiger partial charge in [-0.05, 0) is 49.2 Å². The van der Waals surface area contributed by atoms with Gasteiger partial charge >= 0.3 is 16.8 Å². The van der Waals surface area contributed by atoms with Gasteiger partial charge in [-0.3, -0.25) is 9.13 Å². The minimum Gasteiger partial charge on any atom is -1.00 e. The molecule has 3 aromatic heterocycles. The Bertz CT molecular complexity index is 1320. The van der Waals surface area contributed by atoms with Gasteiger partial charge in [-0.15, -0.1) is 0 Å². The van der Waals surface area contributed by atoms with Crippen LogP contribution in [0.15, 0.2) is 66.7 Å². The number of para-hydroxylation sites is 4. The summed E-state index contributed by atoms with van der Waals surface area (Å²) in [7, 11) is 0. The number of hydrogen-bond acceptors (Lipinski definition) is 5. The molecule has 38 heavy (non-hydrogen) atoms. The van der Waals surface area contributed by atoms with Crippen molar-refractivity contribution in [1.82, 2.24) is 24.1 Å². The molecule has 0 saturated carbocycles. The van der Waals surface area contributed by atoms with Crippen LogP contribution < -0.4 is 37.2 Å². The second-order valence-electron chi connectivity index (χ2n) is 8.19. The van der Waals surface area contributed by atoms with E-state index >= 15 is 0 Å². The Hall–Kier alpha value is -2.17. The van der Waals surface area contributed by atoms with E-state index in [2.05, 4.69) is 35.1 Å². The fourth-order valence-corrected chi connectivity index (χ4v) is 4.09. The Balaban J connectivity index is 0.00000180. The van der Waals surface area contributed by atoms with Crippen LogP contribution in [-0.4, -0.2) is 37.3 Å². The second kappa shape index (κ2) is 16.1. The summed E-state index contributed by atoms with van der Waals surface area (Å²) in [5.41, 5.74) is 5.46. The molecule has 2 aromatic carbocycles. The quantitative estimate of drug-likeness (QED) is 0.155. The molecule has 0 aliphatic rings. The molecule has 5 rings (SSSR count). The van der Waals surface area contributed by atoms with Gasteiger partial charge in [-0.1, -0.05) is 44.2 Å². The fourth-order valence-electron chi connectivity index (χ4n) is 4.09. The Morgan fingerprint density at radius 3 is 1.42 bits per heavy atom. The topological polar surface area (TPSA) is 67.0 Å². The normalized spacial score (nSPS) is 10.4. The van der Waals surface area contributed by atoms with Crippen molar-refractivity contribution in [2.45, 2.75) is 40.2 Å². The van der Waals surface area contributed by atoms with Crippen molar-refractivity contribution in [3.8, 4) is 23.0 Å². The summed E-state index contributed by atoms with van der Waals surface area (Å²) < 4.78 is 16.0. The van der Waals surface area contributed by atoms with E-state index in [0.29, 0.717) is 26.7 Å². The molecule has 3 heterocycles. The maximum atomic E-state index is 5.89. The van der Waals surface area contributed by atoms with Gasteiger partial charge in [0.1, 0.15) is 24.8 Å². The van der Waals surface area contributed by atoms with Gasteiger partial charge in [0.2, 0.25) is 0 Å². The summed E-state index contributed by atoms with van der Waals surface area (Å²) >= 11 is 0. The van der Waals surface area contributed by atoms with E-state index in [1.807, 2.05) is 54.6 Å². The zero-order chi connectivity index (χ0) is 23.3. The van der Waals surface area contributed by atoms with E-state index < -0.39 is 0 Å². The van der Waals surface area contributed by atoms with Gasteiger partial charge in [0.25, 0.3) is 0 Å². The smallest absolute Gasteiger partial charge is 1.00 e. The monoisotopic (exact) mass is 619 g/mol. The maximum absolute atomic E-state index is 5.89. The Kier molecular flexibility index (Phi) is 14.3. The molecule has 0 spiro atoms. The third-order valence-corrected chi connectivity index (χ3v) is 5.65. The number of ether oxygens (including phenoxy) is 2. The van der Waals surface area contributed by atoms with Crippen LogP contribution in [0.2, 0.25) is 0 Å². The molecule has 0 N–H and O–H groups in total. The second-order valence-corrected chi connectivity index (χ2v) is 8.19. The van der Waals surface area contributed by atoms with Gasteiger partial charge in [0.05, 0.1) is 22.1 Å². The molecule has 11 heteroatoms. The van der Waals surface area contributed by atoms with Crippen molar-refractivity contribution in [1.29, 1.82) is 0 Å². The average molecular weight is 621 g/mol. The molecule has 0 amide bonds. The van der Waals surface area contributed by atoms with Gasteiger partial charge in [0, 0.05) is 13.2 Å². The van der Waals surface area contributed by atoms with E-state index in [-0.39, 0.29) is 54.0 Å². The van der Waals surface area contributed by atoms with E-state index in [0.717, 1.165) is 57.9 Å². The first-order chi connectivity index (χ1) is 16.8. The minimum absolute atomic E-state index is 0. The van der Waals surface area contributed by atoms with Gasteiger partial charge < -0.3 is 46.7 Å². The van der Waals surface area contributed by atoms with Crippen molar-refractivity contribution in [3.05, 3.63) is 66.7 Å². The number of rotatable bonds is 10. The Labute approximate surface area is 251 Å². The number of pyridine rings is 1. The first-order valence-corrected chi connectivity index (χ1v) is 11.8. The first kappa shape index (κ1) is 33.9. The zero-order valence-corrected chi connectivity index (χ0v) is 24.4. The third-order valence-electron chi connectivity index (χ3n) is 5.65. The first-order valence-electron chi connectivity index (χ1n) is 11.8. The number of benzene rings is 2. The number of hydrogen-bond donors (Lipinski definition) is 0. The number of halogens is 3. The van der Waals surface area contributed by atoms with Crippen molar-refractivity contribution in [2.75, 3.05) is 13.2 Å². The fraction of sp³-hybridized carbons (Fsp3) is 0.296. The Morgan fingerprint density at radius 2 is 1.00 bits per heavy atom. The molecule has 0 fully saturated rings. The number of imidazole rings is 2. The molecule has 0 radical (unpaired) electrons. The van der Waals surface area contributed by atoms with Crippen LogP contribution in [0.5, 0.6) is 0 Å². The molecule has 0 atom stereocenters. The van der Waals surface area contributed by atoms with E-state index in [9.17, 15) is 0 Å². The summed E-state index contributed by atoms with van der Waals surface area (Å²) in [6.45, 7) is 6.46. The van der Waals surface area contributed by atoms with E-state index in [1.165, 1.54) is 0 Å². The predicted molar refractivity (Wildman–Crippen MR) is 134 cm³/mol. The molecule has 5 aromatic rings. The summed E-state index contributed by atoms with van der Waals surface area (Å²) in [6, 6.07) is 22.2. The van der Waals surface area contributed by atoms with Crippen LogP contribution in [0.4, 0.5) is 0 Å². The molecular weight excluding hydrogens is 592 g/mol. The summed E-state index contributed by atoms with van der Waals surface area (Å²) in [4.78, 5) is 14.8. The number of fused-ring (bicyclic) bond motifs is 2. The number of aromatic nitrogens is 5. The SMILES string of the molecule is CCCOCn1c(-c2cccc(-c3nc4ccccc4n3COCCC)n2)nc2ccccc21.[Cl-].[Cl-].[Cl-].[Co+3]. The average Bonchev–Trinajstić information content (AvgIpc) is 3.43. The predicted octanol–water partition coefficient (Wildman–Crippen LogP) is -3.11. The van der Waals surface area contributed by atoms with Gasteiger partial charge in [-0.25, -0.2) is 15.0 Å². The molecule has 0 bridgehead atoms. The molecule has 0 aliphatic carbocycles. The van der Waals surface area contributed by atoms with Crippen molar-refractivity contribution >= 4 is 22.1 Å². The summed E-state index contributed by atoms with van der Waals surface area (Å²) in [6.07, 6.45) is 1.93. The maximum Gasteiger partial charge on any atom is 3.00 e. The summed E-state index contributed by atoms with van der Waals surface area (Å²) in [5.74, 6) is 1.56. The largest absolute Gasteiger partial charge is 3.00 e. The zero-order valence-electron chi connectivity index (χ0n) is 21.1. The van der Waals surface area contributed by atoms with E-state index in [1.54, 1.807) is 0 Å². The van der Waals surface area contributed by atoms with Crippen molar-refractivity contribution < 1.29 is 63.5 Å². The van der Waals surface area contributed by atoms with Crippen molar-refractivity contribution in [2.24, 2.45) is 0 Å². The van der Waals surface area contributed by atoms with Crippen LogP contribution in [0.25, 0.3) is 45.1 Å². The molecule has 0 aliphatic heterocycles. The molecule has 0 saturated heterocycles. The standard InChI is InChI=1S/C27H29N5O2.3ClH.Co/c1-3-16-33-18-31-24-14-7-5-10-20(24)29-26(31)22-12-9-13-23(28-22)27-30-21-11-6-8-15-25(21)32(27)19-34-17-4-2;;;;/h5-15H,3-4,16-19H2,1-2H3;3*1H;/q;;;;+3/p-3. The molecular formula is C27H29Cl3CoN5O2. The van der Waals surface area contributed by atoms with Crippen LogP contribution in [0.3, 0.4) is 0 Å². The minimum atomic E-state index is 0. The molecule has 7 nitrogen and oxygen atoms in total. The van der Waals surface area contributed by atoms with Crippen LogP contribution in [0, 0.1) is 0 Å². The van der Waals surface area contributed by atoms with Gasteiger partial charge in [0.15, 0.2) is 11.6 Å². The summed E-state index contributed by atoms with van der Waals surface area (Å²) in [5, 5.41) is 0. The van der Waals surface area contributed by atoms with Crippen molar-refractivity contribution in [3.63, 3.8) is 0 Å². The number of nitrogens with zero attached hydrogens (tertiary/aromatic N) is 5. The van der Waals surface area contributed by atoms with Crippen LogP contribution in [0.1, 0.15) is 26.7 Å². The van der Waals surface area contributed by atoms with Gasteiger partial charge in [-0.2, -0.15) is 0 Å². The third kappa shape index (κ3) is 7.07. The molecule has 0 unspecified atom stereocenters. The Morgan fingerprint density at radius 1 is 0.579 bits per heavy atom. The van der Waals surface area contributed by atoms with E-state index in [4.69, 9.17) is 24.4 Å². The van der Waals surface area contributed by atoms with Crippen LogP contribution in [-0.2, 0) is 39.7 Å².